The molecule has 3 aromatic rings. The molecule has 0 unspecified atom stereocenters. The lowest BCUT2D eigenvalue weighted by molar-refractivity contribution is -0.130. The molecule has 3 aromatic carbocycles. The van der Waals surface area contributed by atoms with E-state index in [2.05, 4.69) is 10.9 Å². The first-order chi connectivity index (χ1) is 15.4. The molecule has 0 spiro atoms. The third-order valence-corrected chi connectivity index (χ3v) is 7.61. The first-order valence-electron chi connectivity index (χ1n) is 10.5. The van der Waals surface area contributed by atoms with Gasteiger partial charge in [0.25, 0.3) is 5.91 Å². The normalized spacial score (nSPS) is 16.7. The van der Waals surface area contributed by atoms with Crippen LogP contribution in [0.3, 0.4) is 0 Å². The molecule has 0 radical (unpaired) electrons. The number of rotatable bonds is 5. The number of sulfonamides is 1. The fourth-order valence-electron chi connectivity index (χ4n) is 4.01. The molecule has 1 saturated heterocycles. The van der Waals surface area contributed by atoms with E-state index in [9.17, 15) is 18.0 Å². The maximum atomic E-state index is 13.0. The van der Waals surface area contributed by atoms with Crippen LogP contribution in [0.15, 0.2) is 71.6 Å². The number of carbonyl (C=O) groups is 2. The number of aryl methyl sites for hydroxylation is 1. The highest BCUT2D eigenvalue weighted by Crippen LogP contribution is 2.26. The molecule has 1 atom stereocenters. The highest BCUT2D eigenvalue weighted by atomic mass is 32.2. The van der Waals surface area contributed by atoms with Crippen molar-refractivity contribution in [1.82, 2.24) is 15.2 Å². The molecule has 1 heterocycles. The summed E-state index contributed by atoms with van der Waals surface area (Å²) >= 11 is 0. The summed E-state index contributed by atoms with van der Waals surface area (Å²) in [6.07, 6.45) is 1.07. The maximum Gasteiger partial charge on any atom is 0.256 e. The number of hydrazine groups is 1. The predicted molar refractivity (Wildman–Crippen MR) is 122 cm³/mol. The average Bonchev–Trinajstić information content (AvgIpc) is 3.29. The van der Waals surface area contributed by atoms with E-state index in [1.165, 1.54) is 4.31 Å². The zero-order valence-corrected chi connectivity index (χ0v) is 18.6. The van der Waals surface area contributed by atoms with E-state index in [-0.39, 0.29) is 23.8 Å². The Morgan fingerprint density at radius 3 is 2.47 bits per heavy atom. The van der Waals surface area contributed by atoms with E-state index in [0.29, 0.717) is 12.8 Å². The number of amides is 2. The molecule has 32 heavy (non-hydrogen) atoms. The number of hydrogen-bond acceptors (Lipinski definition) is 4. The van der Waals surface area contributed by atoms with Gasteiger partial charge >= 0.3 is 0 Å². The maximum absolute atomic E-state index is 13.0. The van der Waals surface area contributed by atoms with Crippen LogP contribution in [-0.2, 0) is 26.0 Å². The third-order valence-electron chi connectivity index (χ3n) is 5.69. The highest BCUT2D eigenvalue weighted by molar-refractivity contribution is 7.89. The third kappa shape index (κ3) is 4.51. The molecule has 2 amide bonds. The molecule has 1 aliphatic rings. The van der Waals surface area contributed by atoms with Gasteiger partial charge in [0.15, 0.2) is 0 Å². The number of nitrogens with one attached hydrogen (secondary N) is 2. The van der Waals surface area contributed by atoms with Crippen molar-refractivity contribution in [3.63, 3.8) is 0 Å². The summed E-state index contributed by atoms with van der Waals surface area (Å²) in [5, 5.41) is 2.01. The quantitative estimate of drug-likeness (QED) is 0.583. The molecule has 1 aliphatic heterocycles. The van der Waals surface area contributed by atoms with Crippen molar-refractivity contribution in [3.8, 4) is 0 Å². The largest absolute Gasteiger partial charge is 0.273 e. The van der Waals surface area contributed by atoms with Crippen molar-refractivity contribution in [1.29, 1.82) is 0 Å². The van der Waals surface area contributed by atoms with Crippen LogP contribution in [0.2, 0.25) is 0 Å². The van der Waals surface area contributed by atoms with Crippen LogP contribution in [0, 0.1) is 6.92 Å². The lowest BCUT2D eigenvalue weighted by Crippen LogP contribution is -2.51. The van der Waals surface area contributed by atoms with Crippen molar-refractivity contribution in [2.24, 2.45) is 0 Å². The van der Waals surface area contributed by atoms with Crippen molar-refractivity contribution in [3.05, 3.63) is 77.9 Å². The smallest absolute Gasteiger partial charge is 0.256 e. The van der Waals surface area contributed by atoms with Gasteiger partial charge in [0, 0.05) is 6.54 Å². The van der Waals surface area contributed by atoms with Crippen molar-refractivity contribution < 1.29 is 18.0 Å². The Balaban J connectivity index is 1.41. The fourth-order valence-corrected chi connectivity index (χ4v) is 5.67. The molecular formula is C24H25N3O4S. The minimum atomic E-state index is -3.80. The topological polar surface area (TPSA) is 95.6 Å². The van der Waals surface area contributed by atoms with Gasteiger partial charge in [0.05, 0.1) is 11.3 Å². The van der Waals surface area contributed by atoms with Crippen LogP contribution in [0.4, 0.5) is 0 Å². The van der Waals surface area contributed by atoms with Gasteiger partial charge in [0.1, 0.15) is 6.04 Å². The summed E-state index contributed by atoms with van der Waals surface area (Å²) in [6.45, 7) is 2.14. The SMILES string of the molecule is Cc1ccc(S(=O)(=O)N2CCC[C@H]2C(=O)NNC(=O)Cc2cccc3ccccc23)cc1. The number of nitrogens with zero attached hydrogens (tertiary/aromatic N) is 1. The van der Waals surface area contributed by atoms with Gasteiger partial charge in [-0.2, -0.15) is 4.31 Å². The lowest BCUT2D eigenvalue weighted by Gasteiger charge is -2.23. The van der Waals surface area contributed by atoms with E-state index in [0.717, 1.165) is 21.9 Å². The van der Waals surface area contributed by atoms with Gasteiger partial charge in [-0.25, -0.2) is 8.42 Å². The number of carbonyl (C=O) groups excluding carboxylic acids is 2. The Labute approximate surface area is 187 Å². The van der Waals surface area contributed by atoms with Crippen molar-refractivity contribution in [2.75, 3.05) is 6.54 Å². The number of benzene rings is 3. The molecule has 0 aliphatic carbocycles. The molecule has 0 saturated carbocycles. The Bertz CT molecular complexity index is 1250. The first kappa shape index (κ1) is 22.0. The standard InChI is InChI=1S/C24H25N3O4S/c1-17-11-13-20(14-12-17)32(30,31)27-15-5-10-22(27)24(29)26-25-23(28)16-19-8-4-7-18-6-2-3-9-21(18)19/h2-4,6-9,11-14,22H,5,10,15-16H2,1H3,(H,25,28)(H,26,29)/t22-/m0/s1. The van der Waals surface area contributed by atoms with Crippen LogP contribution < -0.4 is 10.9 Å². The summed E-state index contributed by atoms with van der Waals surface area (Å²) < 4.78 is 27.3. The molecule has 7 nitrogen and oxygen atoms in total. The Kier molecular flexibility index (Phi) is 6.25. The Hall–Kier alpha value is -3.23. The summed E-state index contributed by atoms with van der Waals surface area (Å²) in [4.78, 5) is 25.3. The summed E-state index contributed by atoms with van der Waals surface area (Å²) in [7, 11) is -3.80. The zero-order chi connectivity index (χ0) is 22.7. The molecule has 4 rings (SSSR count). The minimum absolute atomic E-state index is 0.0949. The van der Waals surface area contributed by atoms with E-state index in [4.69, 9.17) is 0 Å². The summed E-state index contributed by atoms with van der Waals surface area (Å²) in [5.74, 6) is -0.912. The molecule has 8 heteroatoms. The molecule has 166 valence electrons. The van der Waals surface area contributed by atoms with Crippen molar-refractivity contribution >= 4 is 32.6 Å². The van der Waals surface area contributed by atoms with Crippen LogP contribution in [0.1, 0.15) is 24.0 Å². The fraction of sp³-hybridized carbons (Fsp3) is 0.250. The molecule has 0 bridgehead atoms. The second kappa shape index (κ2) is 9.10. The lowest BCUT2D eigenvalue weighted by atomic mass is 10.0. The first-order valence-corrected chi connectivity index (χ1v) is 11.9. The Morgan fingerprint density at radius 2 is 1.69 bits per heavy atom. The van der Waals surface area contributed by atoms with Gasteiger partial charge in [-0.1, -0.05) is 60.2 Å². The van der Waals surface area contributed by atoms with E-state index < -0.39 is 22.0 Å². The van der Waals surface area contributed by atoms with Gasteiger partial charge in [0.2, 0.25) is 15.9 Å². The molecular weight excluding hydrogens is 426 g/mol. The van der Waals surface area contributed by atoms with E-state index in [1.54, 1.807) is 24.3 Å². The van der Waals surface area contributed by atoms with Crippen LogP contribution in [-0.4, -0.2) is 37.1 Å². The second-order valence-corrected chi connectivity index (χ2v) is 9.83. The average molecular weight is 452 g/mol. The zero-order valence-electron chi connectivity index (χ0n) is 17.7. The minimum Gasteiger partial charge on any atom is -0.273 e. The van der Waals surface area contributed by atoms with E-state index >= 15 is 0 Å². The predicted octanol–water partition coefficient (Wildman–Crippen LogP) is 2.69. The summed E-state index contributed by atoms with van der Waals surface area (Å²) in [6, 6.07) is 19.2. The monoisotopic (exact) mass is 451 g/mol. The van der Waals surface area contributed by atoms with Gasteiger partial charge < -0.3 is 0 Å². The van der Waals surface area contributed by atoms with Crippen LogP contribution >= 0.6 is 0 Å². The van der Waals surface area contributed by atoms with Crippen LogP contribution in [0.25, 0.3) is 10.8 Å². The highest BCUT2D eigenvalue weighted by Gasteiger charge is 2.39. The molecule has 0 aromatic heterocycles. The molecule has 1 fully saturated rings. The summed E-state index contributed by atoms with van der Waals surface area (Å²) in [5.41, 5.74) is 6.64. The van der Waals surface area contributed by atoms with Crippen molar-refractivity contribution in [2.45, 2.75) is 37.1 Å². The van der Waals surface area contributed by atoms with E-state index in [1.807, 2.05) is 49.4 Å². The van der Waals surface area contributed by atoms with Gasteiger partial charge in [-0.3, -0.25) is 20.4 Å². The second-order valence-electron chi connectivity index (χ2n) is 7.94. The molecule has 2 N–H and O–H groups in total. The van der Waals surface area contributed by atoms with Gasteiger partial charge in [-0.05, 0) is 48.2 Å². The number of fused-ring (bicyclic) bond motifs is 1. The van der Waals surface area contributed by atoms with Crippen LogP contribution in [0.5, 0.6) is 0 Å². The number of hydrogen-bond donors (Lipinski definition) is 2. The van der Waals surface area contributed by atoms with Gasteiger partial charge in [-0.15, -0.1) is 0 Å². The Morgan fingerprint density at radius 1 is 0.969 bits per heavy atom.